The summed E-state index contributed by atoms with van der Waals surface area (Å²) in [5.41, 5.74) is 2.04. The minimum absolute atomic E-state index is 0.0720. The number of aliphatic hydroxyl groups excluding tert-OH is 1. The van der Waals surface area contributed by atoms with E-state index in [2.05, 4.69) is 20.9 Å². The van der Waals surface area contributed by atoms with Gasteiger partial charge in [-0.2, -0.15) is 0 Å². The number of allylic oxidation sites excluding steroid dienone is 2. The Morgan fingerprint density at radius 1 is 1.23 bits per heavy atom. The number of hydrogen-bond donors (Lipinski definition) is 1. The van der Waals surface area contributed by atoms with Crippen molar-refractivity contribution in [2.45, 2.75) is 26.3 Å². The van der Waals surface area contributed by atoms with Crippen LogP contribution in [0.2, 0.25) is 0 Å². The Bertz CT molecular complexity index is 856. The van der Waals surface area contributed by atoms with Crippen LogP contribution in [-0.2, 0) is 17.9 Å². The first-order valence-electron chi connectivity index (χ1n) is 7.94. The quantitative estimate of drug-likeness (QED) is 0.783. The van der Waals surface area contributed by atoms with E-state index in [-0.39, 0.29) is 12.2 Å². The van der Waals surface area contributed by atoms with Crippen molar-refractivity contribution in [3.63, 3.8) is 0 Å². The lowest BCUT2D eigenvalue weighted by molar-refractivity contribution is 0.0498. The maximum Gasteiger partial charge on any atom is 0.163 e. The summed E-state index contributed by atoms with van der Waals surface area (Å²) in [6, 6.07) is 7.08. The van der Waals surface area contributed by atoms with Gasteiger partial charge in [-0.15, -0.1) is 0 Å². The van der Waals surface area contributed by atoms with Crippen LogP contribution >= 0.6 is 15.9 Å². The topological polar surface area (TPSA) is 45.6 Å². The molecule has 0 saturated carbocycles. The van der Waals surface area contributed by atoms with E-state index in [1.54, 1.807) is 23.4 Å². The van der Waals surface area contributed by atoms with E-state index in [0.29, 0.717) is 16.8 Å². The van der Waals surface area contributed by atoms with Crippen LogP contribution in [0.15, 0.2) is 64.7 Å². The summed E-state index contributed by atoms with van der Waals surface area (Å²) in [6.45, 7) is 2.28. The van der Waals surface area contributed by atoms with E-state index in [0.717, 1.165) is 17.3 Å². The van der Waals surface area contributed by atoms with Gasteiger partial charge >= 0.3 is 0 Å². The van der Waals surface area contributed by atoms with Gasteiger partial charge in [-0.3, -0.25) is 4.98 Å². The van der Waals surface area contributed by atoms with Crippen molar-refractivity contribution in [3.05, 3.63) is 87.5 Å². The van der Waals surface area contributed by atoms with Crippen LogP contribution in [0.5, 0.6) is 0 Å². The Hall–Kier alpha value is -2.25. The van der Waals surface area contributed by atoms with Gasteiger partial charge in [-0.1, -0.05) is 0 Å². The first-order chi connectivity index (χ1) is 12.5. The largest absolute Gasteiger partial charge is 0.488 e. The molecule has 1 atom stereocenters. The van der Waals surface area contributed by atoms with Gasteiger partial charge in [0.05, 0.1) is 4.48 Å². The number of nitrogens with zero attached hydrogens (tertiary/aromatic N) is 2. The fraction of sp³-hybridized carbons (Fsp3) is 0.211. The fourth-order valence-electron chi connectivity index (χ4n) is 2.60. The lowest BCUT2D eigenvalue weighted by Crippen LogP contribution is -2.36. The molecule has 7 heteroatoms. The smallest absolute Gasteiger partial charge is 0.163 e. The normalized spacial score (nSPS) is 17.3. The van der Waals surface area contributed by atoms with Gasteiger partial charge in [0.2, 0.25) is 0 Å². The molecular formula is C19H17BrF2N2O2. The van der Waals surface area contributed by atoms with E-state index in [1.807, 2.05) is 19.1 Å². The molecule has 0 fully saturated rings. The first-order valence-corrected chi connectivity index (χ1v) is 8.73. The van der Waals surface area contributed by atoms with Crippen molar-refractivity contribution in [2.24, 2.45) is 0 Å². The molecule has 0 radical (unpaired) electrons. The van der Waals surface area contributed by atoms with E-state index >= 15 is 0 Å². The molecule has 1 unspecified atom stereocenters. The van der Waals surface area contributed by atoms with Crippen molar-refractivity contribution in [3.8, 4) is 0 Å². The Morgan fingerprint density at radius 3 is 2.65 bits per heavy atom. The van der Waals surface area contributed by atoms with Gasteiger partial charge in [-0.25, -0.2) is 8.78 Å². The highest BCUT2D eigenvalue weighted by Gasteiger charge is 2.27. The Labute approximate surface area is 158 Å². The van der Waals surface area contributed by atoms with Gasteiger partial charge in [0.1, 0.15) is 24.0 Å². The fourth-order valence-corrected chi connectivity index (χ4v) is 3.08. The SMILES string of the molecule is CC1=CC(OCc2ccc(F)cc2F)=C(Br)C(O)N1Cc1ccncc1. The van der Waals surface area contributed by atoms with Crippen molar-refractivity contribution >= 4 is 15.9 Å². The van der Waals surface area contributed by atoms with Gasteiger partial charge in [0.15, 0.2) is 6.23 Å². The number of halogens is 3. The summed E-state index contributed by atoms with van der Waals surface area (Å²) in [5, 5.41) is 10.6. The molecule has 0 saturated heterocycles. The van der Waals surface area contributed by atoms with Crippen LogP contribution in [0.4, 0.5) is 8.78 Å². The molecule has 1 aliphatic rings. The number of aliphatic hydroxyl groups is 1. The molecule has 4 nitrogen and oxygen atoms in total. The molecule has 1 aromatic heterocycles. The summed E-state index contributed by atoms with van der Waals surface area (Å²) in [4.78, 5) is 5.78. The van der Waals surface area contributed by atoms with Gasteiger partial charge < -0.3 is 14.7 Å². The molecule has 1 aliphatic heterocycles. The molecular weight excluding hydrogens is 406 g/mol. The molecule has 0 bridgehead atoms. The molecule has 2 heterocycles. The number of hydrogen-bond acceptors (Lipinski definition) is 4. The lowest BCUT2D eigenvalue weighted by atomic mass is 10.1. The van der Waals surface area contributed by atoms with E-state index in [1.165, 1.54) is 12.1 Å². The minimum Gasteiger partial charge on any atom is -0.488 e. The number of ether oxygens (including phenoxy) is 1. The van der Waals surface area contributed by atoms with Crippen molar-refractivity contribution in [1.82, 2.24) is 9.88 Å². The first kappa shape index (κ1) is 18.5. The second kappa shape index (κ2) is 7.97. The standard InChI is InChI=1S/C19H17BrF2N2O2/c1-12-8-17(26-11-14-2-3-15(21)9-16(14)22)18(20)19(25)24(12)10-13-4-6-23-7-5-13/h2-9,19,25H,10-11H2,1H3. The summed E-state index contributed by atoms with van der Waals surface area (Å²) in [7, 11) is 0. The Kier molecular flexibility index (Phi) is 5.68. The third-order valence-corrected chi connectivity index (χ3v) is 4.85. The molecule has 26 heavy (non-hydrogen) atoms. The summed E-state index contributed by atoms with van der Waals surface area (Å²) in [5.74, 6) is -0.898. The van der Waals surface area contributed by atoms with E-state index in [4.69, 9.17) is 4.74 Å². The zero-order valence-electron chi connectivity index (χ0n) is 14.0. The Balaban J connectivity index is 1.73. The maximum atomic E-state index is 13.7. The molecule has 0 spiro atoms. The van der Waals surface area contributed by atoms with Crippen LogP contribution in [0.25, 0.3) is 0 Å². The van der Waals surface area contributed by atoms with Crippen molar-refractivity contribution in [2.75, 3.05) is 0 Å². The highest BCUT2D eigenvalue weighted by Crippen LogP contribution is 2.31. The van der Waals surface area contributed by atoms with Crippen LogP contribution in [0.1, 0.15) is 18.1 Å². The average Bonchev–Trinajstić information content (AvgIpc) is 2.63. The van der Waals surface area contributed by atoms with Crippen molar-refractivity contribution in [1.29, 1.82) is 0 Å². The number of pyridine rings is 1. The second-order valence-electron chi connectivity index (χ2n) is 5.88. The molecule has 0 aliphatic carbocycles. The van der Waals surface area contributed by atoms with Crippen LogP contribution in [0, 0.1) is 11.6 Å². The lowest BCUT2D eigenvalue weighted by Gasteiger charge is -2.34. The van der Waals surface area contributed by atoms with Crippen LogP contribution < -0.4 is 0 Å². The molecule has 1 N–H and O–H groups in total. The maximum absolute atomic E-state index is 13.7. The second-order valence-corrected chi connectivity index (χ2v) is 6.73. The summed E-state index contributed by atoms with van der Waals surface area (Å²) in [6.07, 6.45) is 4.23. The van der Waals surface area contributed by atoms with Gasteiger partial charge in [0.25, 0.3) is 0 Å². The molecule has 136 valence electrons. The van der Waals surface area contributed by atoms with Crippen LogP contribution in [0.3, 0.4) is 0 Å². The number of aromatic nitrogens is 1. The molecule has 2 aromatic rings. The Morgan fingerprint density at radius 2 is 1.96 bits per heavy atom. The van der Waals surface area contributed by atoms with Crippen LogP contribution in [-0.4, -0.2) is 21.2 Å². The van der Waals surface area contributed by atoms with E-state index in [9.17, 15) is 13.9 Å². The highest BCUT2D eigenvalue weighted by molar-refractivity contribution is 9.11. The third kappa shape index (κ3) is 4.11. The summed E-state index contributed by atoms with van der Waals surface area (Å²) >= 11 is 3.36. The number of rotatable bonds is 5. The highest BCUT2D eigenvalue weighted by atomic mass is 79.9. The minimum atomic E-state index is -0.929. The zero-order valence-corrected chi connectivity index (χ0v) is 15.6. The third-order valence-electron chi connectivity index (χ3n) is 4.05. The molecule has 0 amide bonds. The van der Waals surface area contributed by atoms with E-state index < -0.39 is 17.9 Å². The molecule has 3 rings (SSSR count). The number of benzene rings is 1. The average molecular weight is 423 g/mol. The van der Waals surface area contributed by atoms with Gasteiger partial charge in [0, 0.05) is 42.3 Å². The predicted octanol–water partition coefficient (Wildman–Crippen LogP) is 4.22. The van der Waals surface area contributed by atoms with Crippen molar-refractivity contribution < 1.29 is 18.6 Å². The monoisotopic (exact) mass is 422 g/mol. The van der Waals surface area contributed by atoms with Gasteiger partial charge in [-0.05, 0) is 52.7 Å². The molecule has 1 aromatic carbocycles. The summed E-state index contributed by atoms with van der Waals surface area (Å²) < 4.78 is 32.8. The predicted molar refractivity (Wildman–Crippen MR) is 96.6 cm³/mol. The zero-order chi connectivity index (χ0) is 18.7.